The van der Waals surface area contributed by atoms with E-state index < -0.39 is 12.0 Å². The minimum absolute atomic E-state index is 0.507. The molecule has 0 aliphatic carbocycles. The number of rotatable bonds is 5. The molecular weight excluding hydrogens is 240 g/mol. The summed E-state index contributed by atoms with van der Waals surface area (Å²) in [4.78, 5) is 0. The van der Waals surface area contributed by atoms with Crippen LogP contribution in [0.2, 0.25) is 0 Å². The Bertz CT molecular complexity index is 459. The van der Waals surface area contributed by atoms with Gasteiger partial charge in [-0.05, 0) is 31.2 Å². The van der Waals surface area contributed by atoms with Gasteiger partial charge in [0, 0.05) is 0 Å². The number of ether oxygens (including phenoxy) is 2. The number of hydrogen-bond donors (Lipinski definition) is 2. The van der Waals surface area contributed by atoms with Crippen molar-refractivity contribution in [2.75, 3.05) is 0 Å². The molecule has 0 bridgehead atoms. The van der Waals surface area contributed by atoms with Crippen LogP contribution in [0.5, 0.6) is 11.5 Å². The fourth-order valence-electron chi connectivity index (χ4n) is 1.55. The molecule has 2 aromatic carbocycles. The normalized spacial score (nSPS) is 12.8. The standard InChI is InChI=1S/C15H18N2O2/c1-12(16)15(17,18-13-8-4-2-5-9-13)19-14-10-6-3-7-11-14/h2-12H,16-17H2,1H3. The molecule has 0 heterocycles. The molecule has 4 N–H and O–H groups in total. The number of benzene rings is 2. The van der Waals surface area contributed by atoms with E-state index in [1.54, 1.807) is 31.2 Å². The number of hydrogen-bond acceptors (Lipinski definition) is 4. The third-order valence-corrected chi connectivity index (χ3v) is 2.68. The Kier molecular flexibility index (Phi) is 4.04. The van der Waals surface area contributed by atoms with Crippen LogP contribution in [0.1, 0.15) is 6.92 Å². The predicted molar refractivity (Wildman–Crippen MR) is 74.7 cm³/mol. The maximum Gasteiger partial charge on any atom is 0.326 e. The Hall–Kier alpha value is -2.04. The van der Waals surface area contributed by atoms with E-state index in [2.05, 4.69) is 0 Å². The van der Waals surface area contributed by atoms with Gasteiger partial charge in [-0.1, -0.05) is 36.4 Å². The third kappa shape index (κ3) is 3.47. The molecule has 4 nitrogen and oxygen atoms in total. The van der Waals surface area contributed by atoms with E-state index in [0.29, 0.717) is 11.5 Å². The highest BCUT2D eigenvalue weighted by molar-refractivity contribution is 5.24. The second kappa shape index (κ2) is 5.73. The molecule has 0 spiro atoms. The van der Waals surface area contributed by atoms with Gasteiger partial charge in [-0.25, -0.2) is 0 Å². The molecule has 0 aromatic heterocycles. The lowest BCUT2D eigenvalue weighted by atomic mass is 10.2. The molecule has 2 aromatic rings. The minimum Gasteiger partial charge on any atom is -0.438 e. The monoisotopic (exact) mass is 258 g/mol. The summed E-state index contributed by atoms with van der Waals surface area (Å²) in [6.07, 6.45) is 0. The Morgan fingerprint density at radius 3 is 1.53 bits per heavy atom. The maximum atomic E-state index is 6.14. The van der Waals surface area contributed by atoms with Gasteiger partial charge in [-0.2, -0.15) is 0 Å². The van der Waals surface area contributed by atoms with Crippen LogP contribution in [-0.2, 0) is 0 Å². The van der Waals surface area contributed by atoms with Gasteiger partial charge in [0.2, 0.25) is 0 Å². The van der Waals surface area contributed by atoms with Crippen LogP contribution in [0.15, 0.2) is 60.7 Å². The highest BCUT2D eigenvalue weighted by atomic mass is 16.7. The van der Waals surface area contributed by atoms with Crippen LogP contribution < -0.4 is 20.9 Å². The molecule has 2 rings (SSSR count). The van der Waals surface area contributed by atoms with Crippen LogP contribution in [-0.4, -0.2) is 12.0 Å². The van der Waals surface area contributed by atoms with Crippen molar-refractivity contribution in [2.24, 2.45) is 11.5 Å². The van der Waals surface area contributed by atoms with Crippen LogP contribution in [0.4, 0.5) is 0 Å². The Balaban J connectivity index is 2.18. The van der Waals surface area contributed by atoms with Gasteiger partial charge in [0.05, 0.1) is 6.04 Å². The molecule has 0 fully saturated rings. The summed E-state index contributed by atoms with van der Waals surface area (Å²) in [5.41, 5.74) is 12.0. The average Bonchev–Trinajstić information content (AvgIpc) is 2.40. The predicted octanol–water partition coefficient (Wildman–Crippen LogP) is 2.10. The van der Waals surface area contributed by atoms with Crippen LogP contribution in [0.3, 0.4) is 0 Å². The van der Waals surface area contributed by atoms with Crippen molar-refractivity contribution in [2.45, 2.75) is 18.9 Å². The fourth-order valence-corrected chi connectivity index (χ4v) is 1.55. The average molecular weight is 258 g/mol. The van der Waals surface area contributed by atoms with E-state index in [1.165, 1.54) is 0 Å². The first kappa shape index (κ1) is 13.4. The minimum atomic E-state index is -1.41. The van der Waals surface area contributed by atoms with Crippen LogP contribution in [0, 0.1) is 0 Å². The fraction of sp³-hybridized carbons (Fsp3) is 0.200. The van der Waals surface area contributed by atoms with Gasteiger partial charge in [0.1, 0.15) is 11.5 Å². The van der Waals surface area contributed by atoms with Gasteiger partial charge in [0.15, 0.2) is 0 Å². The van der Waals surface area contributed by atoms with Gasteiger partial charge >= 0.3 is 5.91 Å². The summed E-state index contributed by atoms with van der Waals surface area (Å²) in [5, 5.41) is 0. The Morgan fingerprint density at radius 1 is 0.842 bits per heavy atom. The lowest BCUT2D eigenvalue weighted by Crippen LogP contribution is -2.62. The SMILES string of the molecule is CC(N)C(N)(Oc1ccccc1)Oc1ccccc1. The molecule has 1 atom stereocenters. The lowest BCUT2D eigenvalue weighted by molar-refractivity contribution is -0.123. The first-order chi connectivity index (χ1) is 9.10. The van der Waals surface area contributed by atoms with Crippen molar-refractivity contribution in [3.63, 3.8) is 0 Å². The van der Waals surface area contributed by atoms with E-state index >= 15 is 0 Å². The van der Waals surface area contributed by atoms with Crippen LogP contribution >= 0.6 is 0 Å². The topological polar surface area (TPSA) is 70.5 Å². The molecule has 0 radical (unpaired) electrons. The maximum absolute atomic E-state index is 6.14. The molecule has 100 valence electrons. The number of nitrogens with two attached hydrogens (primary N) is 2. The van der Waals surface area contributed by atoms with Crippen molar-refractivity contribution in [1.82, 2.24) is 0 Å². The molecule has 0 amide bonds. The highest BCUT2D eigenvalue weighted by Gasteiger charge is 2.35. The molecule has 0 aliphatic heterocycles. The zero-order valence-electron chi connectivity index (χ0n) is 10.8. The van der Waals surface area contributed by atoms with E-state index in [4.69, 9.17) is 20.9 Å². The van der Waals surface area contributed by atoms with Gasteiger partial charge in [-0.15, -0.1) is 0 Å². The third-order valence-electron chi connectivity index (χ3n) is 2.68. The Labute approximate surface area is 112 Å². The van der Waals surface area contributed by atoms with Gasteiger partial charge in [0.25, 0.3) is 0 Å². The second-order valence-electron chi connectivity index (χ2n) is 4.34. The highest BCUT2D eigenvalue weighted by Crippen LogP contribution is 2.21. The zero-order chi connectivity index (χ0) is 13.7. The lowest BCUT2D eigenvalue weighted by Gasteiger charge is -2.33. The number of para-hydroxylation sites is 2. The van der Waals surface area contributed by atoms with Crippen molar-refractivity contribution in [3.05, 3.63) is 60.7 Å². The molecule has 19 heavy (non-hydrogen) atoms. The molecule has 4 heteroatoms. The summed E-state index contributed by atoms with van der Waals surface area (Å²) in [7, 11) is 0. The molecule has 0 saturated carbocycles. The summed E-state index contributed by atoms with van der Waals surface area (Å²) in [6.45, 7) is 1.74. The Morgan fingerprint density at radius 2 is 1.21 bits per heavy atom. The summed E-state index contributed by atoms with van der Waals surface area (Å²) in [6, 6.07) is 17.9. The second-order valence-corrected chi connectivity index (χ2v) is 4.34. The molecular formula is C15H18N2O2. The van der Waals surface area contributed by atoms with Gasteiger partial charge < -0.3 is 15.2 Å². The van der Waals surface area contributed by atoms with Crippen molar-refractivity contribution >= 4 is 0 Å². The summed E-state index contributed by atoms with van der Waals surface area (Å²) < 4.78 is 11.4. The van der Waals surface area contributed by atoms with E-state index in [0.717, 1.165) is 0 Å². The van der Waals surface area contributed by atoms with E-state index in [9.17, 15) is 0 Å². The summed E-state index contributed by atoms with van der Waals surface area (Å²) >= 11 is 0. The van der Waals surface area contributed by atoms with Crippen LogP contribution in [0.25, 0.3) is 0 Å². The van der Waals surface area contributed by atoms with E-state index in [1.807, 2.05) is 36.4 Å². The smallest absolute Gasteiger partial charge is 0.326 e. The van der Waals surface area contributed by atoms with Gasteiger partial charge in [-0.3, -0.25) is 5.73 Å². The molecule has 0 aliphatic rings. The van der Waals surface area contributed by atoms with Crippen molar-refractivity contribution in [1.29, 1.82) is 0 Å². The zero-order valence-corrected chi connectivity index (χ0v) is 10.8. The summed E-state index contributed by atoms with van der Waals surface area (Å²) in [5.74, 6) is -0.195. The quantitative estimate of drug-likeness (QED) is 0.806. The van der Waals surface area contributed by atoms with E-state index in [-0.39, 0.29) is 0 Å². The molecule has 1 unspecified atom stereocenters. The first-order valence-electron chi connectivity index (χ1n) is 6.13. The largest absolute Gasteiger partial charge is 0.438 e. The van der Waals surface area contributed by atoms with Crippen molar-refractivity contribution < 1.29 is 9.47 Å². The first-order valence-corrected chi connectivity index (χ1v) is 6.13. The molecule has 0 saturated heterocycles. The van der Waals surface area contributed by atoms with Crippen molar-refractivity contribution in [3.8, 4) is 11.5 Å².